The molecule has 6 rings (SSSR count). The summed E-state index contributed by atoms with van der Waals surface area (Å²) in [6, 6.07) is 3.34. The fourth-order valence-electron chi connectivity index (χ4n) is 6.56. The van der Waals surface area contributed by atoms with Crippen LogP contribution in [0.15, 0.2) is 12.1 Å². The Morgan fingerprint density at radius 3 is 2.62 bits per heavy atom. The van der Waals surface area contributed by atoms with Gasteiger partial charge >= 0.3 is 0 Å². The van der Waals surface area contributed by atoms with Crippen molar-refractivity contribution in [1.82, 2.24) is 20.0 Å². The Kier molecular flexibility index (Phi) is 5.89. The van der Waals surface area contributed by atoms with Gasteiger partial charge in [-0.05, 0) is 37.0 Å². The Morgan fingerprint density at radius 2 is 1.89 bits per heavy atom. The summed E-state index contributed by atoms with van der Waals surface area (Å²) in [6.45, 7) is 9.79. The number of anilines is 1. The number of ether oxygens (including phenoxy) is 1. The number of fused-ring (bicyclic) bond motifs is 4. The number of hydrogen-bond donors (Lipinski definition) is 1. The summed E-state index contributed by atoms with van der Waals surface area (Å²) >= 11 is 0. The third-order valence-electron chi connectivity index (χ3n) is 9.17. The summed E-state index contributed by atoms with van der Waals surface area (Å²) < 4.78 is 6.11. The fourth-order valence-corrected chi connectivity index (χ4v) is 6.56. The van der Waals surface area contributed by atoms with Gasteiger partial charge in [-0.3, -0.25) is 29.4 Å². The van der Waals surface area contributed by atoms with Gasteiger partial charge in [0.25, 0.3) is 5.91 Å². The molecule has 1 N–H and O–H groups in total. The van der Waals surface area contributed by atoms with Crippen molar-refractivity contribution >= 4 is 29.3 Å². The van der Waals surface area contributed by atoms with Crippen molar-refractivity contribution in [3.63, 3.8) is 0 Å². The van der Waals surface area contributed by atoms with Gasteiger partial charge in [0.1, 0.15) is 18.4 Å². The molecule has 0 spiro atoms. The number of likely N-dealkylation sites (tertiary alicyclic amines) is 1. The number of rotatable bonds is 5. The van der Waals surface area contributed by atoms with Gasteiger partial charge in [-0.1, -0.05) is 13.8 Å². The molecule has 2 atom stereocenters. The van der Waals surface area contributed by atoms with Crippen molar-refractivity contribution in [2.24, 2.45) is 5.41 Å². The first-order valence-electron chi connectivity index (χ1n) is 13.5. The molecule has 1 aromatic carbocycles. The summed E-state index contributed by atoms with van der Waals surface area (Å²) in [5, 5.41) is 2.35. The van der Waals surface area contributed by atoms with Crippen molar-refractivity contribution in [3.8, 4) is 5.75 Å². The minimum absolute atomic E-state index is 0.136. The molecule has 5 aliphatic rings. The Bertz CT molecular complexity index is 1160. The van der Waals surface area contributed by atoms with E-state index in [9.17, 15) is 19.2 Å². The maximum absolute atomic E-state index is 13.1. The lowest BCUT2D eigenvalue weighted by molar-refractivity contribution is -0.145. The number of piperazine rings is 1. The van der Waals surface area contributed by atoms with Crippen molar-refractivity contribution in [2.45, 2.75) is 58.2 Å². The highest BCUT2D eigenvalue weighted by atomic mass is 16.5. The lowest BCUT2D eigenvalue weighted by atomic mass is 9.75. The summed E-state index contributed by atoms with van der Waals surface area (Å²) in [6.07, 6.45) is 2.82. The molecule has 0 aromatic heterocycles. The van der Waals surface area contributed by atoms with Crippen molar-refractivity contribution in [1.29, 1.82) is 0 Å². The van der Waals surface area contributed by atoms with E-state index in [1.54, 1.807) is 4.90 Å². The van der Waals surface area contributed by atoms with Crippen LogP contribution in [0.4, 0.5) is 5.69 Å². The summed E-state index contributed by atoms with van der Waals surface area (Å²) in [5.74, 6) is 0.0167. The van der Waals surface area contributed by atoms with Crippen LogP contribution in [0.3, 0.4) is 0 Å². The Balaban J connectivity index is 1.11. The number of nitrogens with one attached hydrogen (secondary N) is 1. The second kappa shape index (κ2) is 9.01. The highest BCUT2D eigenvalue weighted by molar-refractivity contribution is 6.05. The predicted octanol–water partition coefficient (Wildman–Crippen LogP) is 0.979. The van der Waals surface area contributed by atoms with Gasteiger partial charge in [0.15, 0.2) is 0 Å². The van der Waals surface area contributed by atoms with Gasteiger partial charge in [0, 0.05) is 56.7 Å². The van der Waals surface area contributed by atoms with Crippen LogP contribution >= 0.6 is 0 Å². The third-order valence-corrected chi connectivity index (χ3v) is 9.17. The summed E-state index contributed by atoms with van der Waals surface area (Å²) in [5.41, 5.74) is 2.72. The lowest BCUT2D eigenvalue weighted by Crippen LogP contribution is -2.62. The first kappa shape index (κ1) is 24.2. The van der Waals surface area contributed by atoms with E-state index in [0.29, 0.717) is 42.8 Å². The molecule has 0 radical (unpaired) electrons. The molecule has 5 heterocycles. The number of nitrogens with zero attached hydrogens (tertiary/aromatic N) is 4. The van der Waals surface area contributed by atoms with Gasteiger partial charge in [-0.15, -0.1) is 0 Å². The highest BCUT2D eigenvalue weighted by Gasteiger charge is 2.44. The fraction of sp³-hybridized carbons (Fsp3) is 0.630. The van der Waals surface area contributed by atoms with Gasteiger partial charge in [-0.25, -0.2) is 0 Å². The summed E-state index contributed by atoms with van der Waals surface area (Å²) in [4.78, 5) is 58.1. The van der Waals surface area contributed by atoms with Crippen LogP contribution in [0.5, 0.6) is 5.75 Å². The number of amides is 4. The first-order valence-corrected chi connectivity index (χ1v) is 13.5. The smallest absolute Gasteiger partial charge is 0.255 e. The topological polar surface area (TPSA) is 102 Å². The average molecular weight is 510 g/mol. The largest absolute Gasteiger partial charge is 0.489 e. The average Bonchev–Trinajstić information content (AvgIpc) is 3.17. The van der Waals surface area contributed by atoms with Crippen LogP contribution < -0.4 is 15.0 Å². The van der Waals surface area contributed by atoms with Crippen molar-refractivity contribution in [2.75, 3.05) is 50.8 Å². The molecule has 0 aliphatic carbocycles. The Morgan fingerprint density at radius 1 is 1.11 bits per heavy atom. The molecule has 5 aliphatic heterocycles. The molecule has 3 fully saturated rings. The number of carbonyl (C=O) groups excluding carboxylic acids is 4. The zero-order chi connectivity index (χ0) is 25.9. The molecule has 37 heavy (non-hydrogen) atoms. The van der Waals surface area contributed by atoms with Crippen LogP contribution in [0, 0.1) is 5.41 Å². The van der Waals surface area contributed by atoms with E-state index in [0.717, 1.165) is 56.8 Å². The minimum atomic E-state index is -0.629. The number of benzene rings is 1. The van der Waals surface area contributed by atoms with Gasteiger partial charge in [0.05, 0.1) is 18.3 Å². The maximum Gasteiger partial charge on any atom is 0.255 e. The Hall–Kier alpha value is -3.14. The monoisotopic (exact) mass is 509 g/mol. The molecular formula is C27H35N5O5. The second-order valence-corrected chi connectivity index (χ2v) is 11.2. The molecule has 3 saturated heterocycles. The number of carbonyl (C=O) groups is 4. The summed E-state index contributed by atoms with van der Waals surface area (Å²) in [7, 11) is 0. The van der Waals surface area contributed by atoms with E-state index >= 15 is 0 Å². The standard InChI is InChI=1S/C27H35N5O5/c1-3-27(4-2)15-30(16-27)24(34)13-29-7-8-31-18(12-29)14-37-22-10-19-17(9-21(22)31)11-32(26(19)36)20-5-6-23(33)28-25(20)35/h9-10,18,20H,3-8,11-16H2,1-2H3,(H,28,33,35)/t18-,20?/m0/s1. The van der Waals surface area contributed by atoms with E-state index in [1.165, 1.54) is 0 Å². The molecule has 10 nitrogen and oxygen atoms in total. The van der Waals surface area contributed by atoms with Crippen LogP contribution in [-0.4, -0.2) is 96.3 Å². The first-order chi connectivity index (χ1) is 17.8. The van der Waals surface area contributed by atoms with Crippen LogP contribution in [0.2, 0.25) is 0 Å². The lowest BCUT2D eigenvalue weighted by Gasteiger charge is -2.51. The van der Waals surface area contributed by atoms with Crippen LogP contribution in [0.25, 0.3) is 0 Å². The minimum Gasteiger partial charge on any atom is -0.489 e. The van der Waals surface area contributed by atoms with Crippen molar-refractivity contribution < 1.29 is 23.9 Å². The van der Waals surface area contributed by atoms with E-state index < -0.39 is 11.9 Å². The molecule has 0 bridgehead atoms. The van der Waals surface area contributed by atoms with E-state index in [-0.39, 0.29) is 30.2 Å². The highest BCUT2D eigenvalue weighted by Crippen LogP contribution is 2.41. The molecule has 1 unspecified atom stereocenters. The van der Waals surface area contributed by atoms with Gasteiger partial charge in [0.2, 0.25) is 17.7 Å². The number of imide groups is 1. The van der Waals surface area contributed by atoms with Crippen LogP contribution in [-0.2, 0) is 20.9 Å². The molecule has 4 amide bonds. The van der Waals surface area contributed by atoms with Gasteiger partial charge in [-0.2, -0.15) is 0 Å². The number of hydrogen-bond acceptors (Lipinski definition) is 7. The quantitative estimate of drug-likeness (QED) is 0.591. The van der Waals surface area contributed by atoms with Crippen molar-refractivity contribution in [3.05, 3.63) is 23.3 Å². The normalized spacial score (nSPS) is 26.6. The molecule has 1 aromatic rings. The third kappa shape index (κ3) is 4.05. The van der Waals surface area contributed by atoms with Crippen LogP contribution in [0.1, 0.15) is 55.5 Å². The SMILES string of the molecule is CCC1(CC)CN(C(=O)CN2CCN3c4cc5c(cc4OC[C@@H]3C2)C(=O)N(C2CCC(=O)NC2=O)C5)C1. The second-order valence-electron chi connectivity index (χ2n) is 11.2. The maximum atomic E-state index is 13.1. The zero-order valence-corrected chi connectivity index (χ0v) is 21.6. The molecule has 0 saturated carbocycles. The predicted molar refractivity (Wildman–Crippen MR) is 135 cm³/mol. The Labute approximate surface area is 216 Å². The molecule has 10 heteroatoms. The molecular weight excluding hydrogens is 474 g/mol. The van der Waals surface area contributed by atoms with E-state index in [2.05, 4.69) is 29.0 Å². The van der Waals surface area contributed by atoms with E-state index in [1.807, 2.05) is 17.0 Å². The molecule has 198 valence electrons. The zero-order valence-electron chi connectivity index (χ0n) is 21.6. The number of piperidine rings is 1. The van der Waals surface area contributed by atoms with Gasteiger partial charge < -0.3 is 19.4 Å². The van der Waals surface area contributed by atoms with E-state index in [4.69, 9.17) is 4.74 Å².